The number of nitrogens with one attached hydrogen (secondary N) is 1. The molecule has 7 heteroatoms. The van der Waals surface area contributed by atoms with Gasteiger partial charge in [-0.25, -0.2) is 0 Å². The minimum atomic E-state index is -1.07. The number of carbonyl (C=O) groups is 2. The van der Waals surface area contributed by atoms with Crippen LogP contribution >= 0.6 is 11.6 Å². The number of benzene rings is 1. The number of fused-ring (bicyclic) bond motifs is 3. The number of rotatable bonds is 4. The minimum Gasteiger partial charge on any atom is -0.463 e. The third-order valence-corrected chi connectivity index (χ3v) is 7.62. The maximum Gasteiger partial charge on any atom is 0.271 e. The number of carbonyl (C=O) groups excluding carboxylic acids is 2. The van der Waals surface area contributed by atoms with Crippen LogP contribution in [0.2, 0.25) is 5.02 Å². The van der Waals surface area contributed by atoms with E-state index in [1.807, 2.05) is 41.8 Å². The van der Waals surface area contributed by atoms with Crippen molar-refractivity contribution in [2.24, 2.45) is 5.92 Å². The monoisotopic (exact) mass is 453 g/mol. The number of halogens is 1. The first-order chi connectivity index (χ1) is 15.4. The van der Waals surface area contributed by atoms with Crippen LogP contribution in [-0.4, -0.2) is 32.9 Å². The molecule has 5 rings (SSSR count). The molecule has 3 aromatic rings. The van der Waals surface area contributed by atoms with E-state index in [-0.39, 0.29) is 24.4 Å². The Balaban J connectivity index is 1.54. The highest BCUT2D eigenvalue weighted by molar-refractivity contribution is 6.31. The van der Waals surface area contributed by atoms with E-state index in [4.69, 9.17) is 16.0 Å². The molecule has 1 aromatic carbocycles. The summed E-state index contributed by atoms with van der Waals surface area (Å²) in [6.07, 6.45) is 6.02. The Morgan fingerprint density at radius 3 is 2.81 bits per heavy atom. The molecule has 0 saturated heterocycles. The first-order valence-electron chi connectivity index (χ1n) is 11.3. The molecular weight excluding hydrogens is 426 g/mol. The fourth-order valence-corrected chi connectivity index (χ4v) is 5.37. The Hall–Kier alpha value is -2.73. The van der Waals surface area contributed by atoms with Crippen LogP contribution in [0.4, 0.5) is 0 Å². The van der Waals surface area contributed by atoms with Gasteiger partial charge in [0.25, 0.3) is 5.91 Å². The predicted octanol–water partition coefficient (Wildman–Crippen LogP) is 5.00. The SMILES string of the molecule is C[C@@H]1CCCC[C@H]1NC(=O)[C@]1(C)Cn2c(cc3occc32)C(=O)N1Cc1ccccc1Cl. The molecule has 0 radical (unpaired) electrons. The van der Waals surface area contributed by atoms with Crippen LogP contribution < -0.4 is 5.32 Å². The van der Waals surface area contributed by atoms with Crippen molar-refractivity contribution in [2.75, 3.05) is 0 Å². The molecule has 0 unspecified atom stereocenters. The van der Waals surface area contributed by atoms with Crippen molar-refractivity contribution in [2.45, 2.75) is 64.2 Å². The standard InChI is InChI=1S/C25H28ClN3O3/c1-16-7-3-6-10-19(16)27-24(31)25(2)15-28-20-11-12-32-22(20)13-21(28)23(30)29(25)14-17-8-4-5-9-18(17)26/h4-5,8-9,11-13,16,19H,3,6-7,10,14-15H2,1-2H3,(H,27,31)/t16-,19-,25+/m1/s1. The molecule has 1 fully saturated rings. The number of amides is 2. The van der Waals surface area contributed by atoms with Crippen LogP contribution in [0.5, 0.6) is 0 Å². The van der Waals surface area contributed by atoms with Gasteiger partial charge in [-0.05, 0) is 37.3 Å². The Kier molecular flexibility index (Phi) is 5.28. The van der Waals surface area contributed by atoms with E-state index in [1.54, 1.807) is 17.2 Å². The Morgan fingerprint density at radius 2 is 2.03 bits per heavy atom. The molecular formula is C25H28ClN3O3. The summed E-state index contributed by atoms with van der Waals surface area (Å²) in [6, 6.07) is 11.2. The van der Waals surface area contributed by atoms with Crippen LogP contribution in [0.1, 0.15) is 55.6 Å². The molecule has 168 valence electrons. The zero-order chi connectivity index (χ0) is 22.5. The van der Waals surface area contributed by atoms with Crippen LogP contribution in [-0.2, 0) is 17.9 Å². The summed E-state index contributed by atoms with van der Waals surface area (Å²) in [5, 5.41) is 3.87. The molecule has 1 aliphatic heterocycles. The molecule has 2 amide bonds. The van der Waals surface area contributed by atoms with Gasteiger partial charge in [-0.1, -0.05) is 49.6 Å². The molecule has 0 bridgehead atoms. The highest BCUT2D eigenvalue weighted by Gasteiger charge is 2.48. The van der Waals surface area contributed by atoms with E-state index < -0.39 is 5.54 Å². The van der Waals surface area contributed by atoms with Gasteiger partial charge >= 0.3 is 0 Å². The largest absolute Gasteiger partial charge is 0.463 e. The molecule has 2 aromatic heterocycles. The van der Waals surface area contributed by atoms with Gasteiger partial charge in [0.2, 0.25) is 5.91 Å². The quantitative estimate of drug-likeness (QED) is 0.604. The fraction of sp³-hybridized carbons (Fsp3) is 0.440. The summed E-state index contributed by atoms with van der Waals surface area (Å²) in [4.78, 5) is 29.2. The fourth-order valence-electron chi connectivity index (χ4n) is 5.17. The Morgan fingerprint density at radius 1 is 1.25 bits per heavy atom. The molecule has 1 saturated carbocycles. The molecule has 3 atom stereocenters. The maximum absolute atomic E-state index is 13.8. The summed E-state index contributed by atoms with van der Waals surface area (Å²) < 4.78 is 7.45. The Labute approximate surface area is 192 Å². The van der Waals surface area contributed by atoms with Crippen molar-refractivity contribution >= 4 is 34.5 Å². The molecule has 0 spiro atoms. The van der Waals surface area contributed by atoms with Crippen molar-refractivity contribution in [1.82, 2.24) is 14.8 Å². The average Bonchev–Trinajstić information content (AvgIpc) is 3.36. The van der Waals surface area contributed by atoms with Crippen LogP contribution in [0.25, 0.3) is 11.1 Å². The lowest BCUT2D eigenvalue weighted by Gasteiger charge is -2.45. The second-order valence-corrected chi connectivity index (χ2v) is 9.79. The van der Waals surface area contributed by atoms with Gasteiger partial charge in [-0.2, -0.15) is 0 Å². The van der Waals surface area contributed by atoms with Crippen molar-refractivity contribution in [3.63, 3.8) is 0 Å². The molecule has 2 aliphatic rings. The summed E-state index contributed by atoms with van der Waals surface area (Å²) >= 11 is 6.43. The first-order valence-corrected chi connectivity index (χ1v) is 11.7. The normalized spacial score (nSPS) is 25.7. The van der Waals surface area contributed by atoms with E-state index in [0.29, 0.717) is 28.8 Å². The highest BCUT2D eigenvalue weighted by Crippen LogP contribution is 2.35. The van der Waals surface area contributed by atoms with E-state index in [2.05, 4.69) is 12.2 Å². The van der Waals surface area contributed by atoms with Crippen LogP contribution in [0, 0.1) is 5.92 Å². The summed E-state index contributed by atoms with van der Waals surface area (Å²) in [6.45, 7) is 4.67. The summed E-state index contributed by atoms with van der Waals surface area (Å²) in [5.74, 6) is 0.111. The van der Waals surface area contributed by atoms with Gasteiger partial charge in [0, 0.05) is 29.7 Å². The first kappa shape index (κ1) is 21.1. The van der Waals surface area contributed by atoms with Gasteiger partial charge in [-0.3, -0.25) is 9.59 Å². The van der Waals surface area contributed by atoms with E-state index in [1.165, 1.54) is 6.42 Å². The van der Waals surface area contributed by atoms with Gasteiger partial charge in [0.15, 0.2) is 5.58 Å². The number of aromatic nitrogens is 1. The zero-order valence-corrected chi connectivity index (χ0v) is 19.2. The third-order valence-electron chi connectivity index (χ3n) is 7.25. The van der Waals surface area contributed by atoms with Crippen LogP contribution in [0.3, 0.4) is 0 Å². The molecule has 3 heterocycles. The lowest BCUT2D eigenvalue weighted by molar-refractivity contribution is -0.134. The smallest absolute Gasteiger partial charge is 0.271 e. The third kappa shape index (κ3) is 3.41. The number of nitrogens with zero attached hydrogens (tertiary/aromatic N) is 2. The second-order valence-electron chi connectivity index (χ2n) is 9.38. The zero-order valence-electron chi connectivity index (χ0n) is 18.4. The van der Waals surface area contributed by atoms with Crippen molar-refractivity contribution in [1.29, 1.82) is 0 Å². The summed E-state index contributed by atoms with van der Waals surface area (Å²) in [5.41, 5.74) is 1.76. The molecule has 1 N–H and O–H groups in total. The summed E-state index contributed by atoms with van der Waals surface area (Å²) in [7, 11) is 0. The number of hydrogen-bond acceptors (Lipinski definition) is 3. The van der Waals surface area contributed by atoms with Gasteiger partial charge in [-0.15, -0.1) is 0 Å². The highest BCUT2D eigenvalue weighted by atomic mass is 35.5. The molecule has 1 aliphatic carbocycles. The molecule has 6 nitrogen and oxygen atoms in total. The lowest BCUT2D eigenvalue weighted by Crippen LogP contribution is -2.65. The van der Waals surface area contributed by atoms with Crippen molar-refractivity contribution in [3.8, 4) is 0 Å². The lowest BCUT2D eigenvalue weighted by atomic mass is 9.85. The van der Waals surface area contributed by atoms with Crippen LogP contribution in [0.15, 0.2) is 47.1 Å². The van der Waals surface area contributed by atoms with Gasteiger partial charge in [0.05, 0.1) is 18.3 Å². The van der Waals surface area contributed by atoms with E-state index in [9.17, 15) is 9.59 Å². The van der Waals surface area contributed by atoms with Crippen molar-refractivity contribution in [3.05, 3.63) is 58.9 Å². The van der Waals surface area contributed by atoms with Gasteiger partial charge in [0.1, 0.15) is 11.2 Å². The average molecular weight is 454 g/mol. The number of furan rings is 1. The second kappa shape index (κ2) is 8.00. The Bertz CT molecular complexity index is 1180. The number of hydrogen-bond donors (Lipinski definition) is 1. The predicted molar refractivity (Wildman–Crippen MR) is 123 cm³/mol. The topological polar surface area (TPSA) is 67.5 Å². The van der Waals surface area contributed by atoms with E-state index >= 15 is 0 Å². The minimum absolute atomic E-state index is 0.118. The van der Waals surface area contributed by atoms with E-state index in [0.717, 1.165) is 30.3 Å². The molecule has 32 heavy (non-hydrogen) atoms. The van der Waals surface area contributed by atoms with Gasteiger partial charge < -0.3 is 19.2 Å². The maximum atomic E-state index is 13.8. The van der Waals surface area contributed by atoms with Crippen molar-refractivity contribution < 1.29 is 14.0 Å².